The normalized spacial score (nSPS) is 10.1. The maximum absolute atomic E-state index is 11.8. The third-order valence-electron chi connectivity index (χ3n) is 3.30. The first-order valence-corrected chi connectivity index (χ1v) is 8.34. The fourth-order valence-electron chi connectivity index (χ4n) is 2.04. The Morgan fingerprint density at radius 1 is 1.04 bits per heavy atom. The van der Waals surface area contributed by atoms with Crippen LogP contribution in [-0.2, 0) is 14.3 Å². The first kappa shape index (κ1) is 19.7. The molecule has 0 bridgehead atoms. The van der Waals surface area contributed by atoms with Crippen LogP contribution in [0.15, 0.2) is 24.3 Å². The summed E-state index contributed by atoms with van der Waals surface area (Å²) in [6.45, 7) is 4.47. The van der Waals surface area contributed by atoms with Gasteiger partial charge < -0.3 is 15.4 Å². The second kappa shape index (κ2) is 11.2. The van der Waals surface area contributed by atoms with E-state index in [1.54, 1.807) is 24.3 Å². The number of nitrogens with one attached hydrogen (secondary N) is 2. The summed E-state index contributed by atoms with van der Waals surface area (Å²) in [5, 5.41) is 5.52. The summed E-state index contributed by atoms with van der Waals surface area (Å²) in [5.41, 5.74) is 1.13. The number of hydrogen-bond donors (Lipinski definition) is 2. The molecule has 2 N–H and O–H groups in total. The first-order valence-electron chi connectivity index (χ1n) is 8.34. The summed E-state index contributed by atoms with van der Waals surface area (Å²) in [4.78, 5) is 34.2. The molecule has 0 saturated carbocycles. The zero-order valence-electron chi connectivity index (χ0n) is 14.4. The van der Waals surface area contributed by atoms with Crippen molar-refractivity contribution < 1.29 is 19.1 Å². The van der Waals surface area contributed by atoms with Crippen LogP contribution in [0.4, 0.5) is 5.69 Å². The molecule has 1 aromatic rings. The van der Waals surface area contributed by atoms with Crippen LogP contribution in [0.5, 0.6) is 0 Å². The molecule has 0 heterocycles. The van der Waals surface area contributed by atoms with Gasteiger partial charge in [-0.3, -0.25) is 9.59 Å². The molecule has 0 atom stereocenters. The molecule has 0 radical (unpaired) electrons. The van der Waals surface area contributed by atoms with Crippen LogP contribution in [0.3, 0.4) is 0 Å². The van der Waals surface area contributed by atoms with Gasteiger partial charge in [-0.05, 0) is 43.5 Å². The quantitative estimate of drug-likeness (QED) is 0.509. The van der Waals surface area contributed by atoms with Crippen molar-refractivity contribution in [1.82, 2.24) is 5.32 Å². The maximum atomic E-state index is 11.8. The summed E-state index contributed by atoms with van der Waals surface area (Å²) >= 11 is 0. The number of esters is 1. The molecule has 0 aliphatic heterocycles. The third-order valence-corrected chi connectivity index (χ3v) is 3.30. The van der Waals surface area contributed by atoms with Crippen LogP contribution < -0.4 is 10.6 Å². The minimum atomic E-state index is -0.353. The van der Waals surface area contributed by atoms with E-state index in [1.165, 1.54) is 6.92 Å². The highest BCUT2D eigenvalue weighted by Gasteiger charge is 2.07. The molecule has 24 heavy (non-hydrogen) atoms. The Morgan fingerprint density at radius 2 is 1.75 bits per heavy atom. The largest absolute Gasteiger partial charge is 0.462 e. The van der Waals surface area contributed by atoms with E-state index in [0.29, 0.717) is 30.8 Å². The van der Waals surface area contributed by atoms with Crippen molar-refractivity contribution in [1.29, 1.82) is 0 Å². The van der Waals surface area contributed by atoms with Crippen LogP contribution in [-0.4, -0.2) is 30.9 Å². The number of amides is 2. The highest BCUT2D eigenvalue weighted by atomic mass is 16.5. The van der Waals surface area contributed by atoms with Crippen molar-refractivity contribution in [2.75, 3.05) is 18.5 Å². The van der Waals surface area contributed by atoms with E-state index < -0.39 is 0 Å². The molecule has 0 saturated heterocycles. The highest BCUT2D eigenvalue weighted by Crippen LogP contribution is 2.12. The van der Waals surface area contributed by atoms with Gasteiger partial charge in [0.2, 0.25) is 11.8 Å². The predicted molar refractivity (Wildman–Crippen MR) is 92.8 cm³/mol. The molecule has 6 heteroatoms. The Balaban J connectivity index is 2.27. The molecule has 0 spiro atoms. The lowest BCUT2D eigenvalue weighted by Gasteiger charge is -2.07. The number of carbonyl (C=O) groups excluding carboxylic acids is 3. The third kappa shape index (κ3) is 8.31. The standard InChI is InChI=1S/C18H26N2O4/c1-3-13-24-18(23)15-8-10-16(11-9-15)20-17(22)7-5-4-6-12-19-14(2)21/h8-11H,3-7,12-13H2,1-2H3,(H,19,21)(H,20,22). The van der Waals surface area contributed by atoms with Gasteiger partial charge in [0, 0.05) is 25.6 Å². The van der Waals surface area contributed by atoms with Crippen molar-refractivity contribution in [2.24, 2.45) is 0 Å². The Hall–Kier alpha value is -2.37. The van der Waals surface area contributed by atoms with E-state index in [-0.39, 0.29) is 17.8 Å². The maximum Gasteiger partial charge on any atom is 0.338 e. The van der Waals surface area contributed by atoms with E-state index in [9.17, 15) is 14.4 Å². The lowest BCUT2D eigenvalue weighted by molar-refractivity contribution is -0.119. The van der Waals surface area contributed by atoms with Crippen molar-refractivity contribution in [3.8, 4) is 0 Å². The van der Waals surface area contributed by atoms with Gasteiger partial charge in [-0.1, -0.05) is 13.3 Å². The van der Waals surface area contributed by atoms with E-state index >= 15 is 0 Å². The lowest BCUT2D eigenvalue weighted by Crippen LogP contribution is -2.20. The number of hydrogen-bond acceptors (Lipinski definition) is 4. The van der Waals surface area contributed by atoms with Crippen LogP contribution >= 0.6 is 0 Å². The summed E-state index contributed by atoms with van der Waals surface area (Å²) in [6, 6.07) is 6.66. The van der Waals surface area contributed by atoms with Gasteiger partial charge in [-0.25, -0.2) is 4.79 Å². The molecule has 0 aliphatic rings. The fraction of sp³-hybridized carbons (Fsp3) is 0.500. The van der Waals surface area contributed by atoms with E-state index in [2.05, 4.69) is 10.6 Å². The summed E-state index contributed by atoms with van der Waals surface area (Å²) in [7, 11) is 0. The van der Waals surface area contributed by atoms with E-state index in [1.807, 2.05) is 6.92 Å². The van der Waals surface area contributed by atoms with Crippen molar-refractivity contribution >= 4 is 23.5 Å². The Morgan fingerprint density at radius 3 is 2.38 bits per heavy atom. The van der Waals surface area contributed by atoms with Crippen molar-refractivity contribution in [2.45, 2.75) is 46.0 Å². The molecular formula is C18H26N2O4. The molecule has 0 fully saturated rings. The molecule has 6 nitrogen and oxygen atoms in total. The van der Waals surface area contributed by atoms with Crippen LogP contribution in [0, 0.1) is 0 Å². The number of ether oxygens (including phenoxy) is 1. The van der Waals surface area contributed by atoms with Crippen LogP contribution in [0.2, 0.25) is 0 Å². The number of unbranched alkanes of at least 4 members (excludes halogenated alkanes) is 2. The molecule has 0 aromatic heterocycles. The number of carbonyl (C=O) groups is 3. The average Bonchev–Trinajstić information content (AvgIpc) is 2.56. The smallest absolute Gasteiger partial charge is 0.338 e. The predicted octanol–water partition coefficient (Wildman–Crippen LogP) is 2.89. The summed E-state index contributed by atoms with van der Waals surface area (Å²) in [5.74, 6) is -0.445. The SMILES string of the molecule is CCCOC(=O)c1ccc(NC(=O)CCCCCNC(C)=O)cc1. The van der Waals surface area contributed by atoms with Crippen LogP contribution in [0.1, 0.15) is 56.3 Å². The molecule has 1 rings (SSSR count). The minimum Gasteiger partial charge on any atom is -0.462 e. The lowest BCUT2D eigenvalue weighted by atomic mass is 10.1. The molecule has 0 aliphatic carbocycles. The molecular weight excluding hydrogens is 308 g/mol. The highest BCUT2D eigenvalue weighted by molar-refractivity contribution is 5.93. The second-order valence-corrected chi connectivity index (χ2v) is 5.56. The second-order valence-electron chi connectivity index (χ2n) is 5.56. The monoisotopic (exact) mass is 334 g/mol. The molecule has 1 aromatic carbocycles. The topological polar surface area (TPSA) is 84.5 Å². The summed E-state index contributed by atoms with van der Waals surface area (Å²) < 4.78 is 5.05. The van der Waals surface area contributed by atoms with E-state index in [4.69, 9.17) is 4.74 Å². The van der Waals surface area contributed by atoms with Gasteiger partial charge >= 0.3 is 5.97 Å². The minimum absolute atomic E-state index is 0.0326. The Labute approximate surface area is 143 Å². The number of rotatable bonds is 10. The van der Waals surface area contributed by atoms with Gasteiger partial charge in [-0.15, -0.1) is 0 Å². The zero-order chi connectivity index (χ0) is 17.8. The zero-order valence-corrected chi connectivity index (χ0v) is 14.4. The Kier molecular flexibility index (Phi) is 9.19. The number of benzene rings is 1. The fourth-order valence-corrected chi connectivity index (χ4v) is 2.04. The van der Waals surface area contributed by atoms with Crippen molar-refractivity contribution in [3.63, 3.8) is 0 Å². The van der Waals surface area contributed by atoms with Crippen molar-refractivity contribution in [3.05, 3.63) is 29.8 Å². The number of anilines is 1. The molecule has 132 valence electrons. The first-order chi connectivity index (χ1) is 11.5. The van der Waals surface area contributed by atoms with E-state index in [0.717, 1.165) is 25.7 Å². The molecule has 2 amide bonds. The Bertz CT molecular complexity index is 540. The van der Waals surface area contributed by atoms with Gasteiger partial charge in [0.25, 0.3) is 0 Å². The van der Waals surface area contributed by atoms with Gasteiger partial charge in [0.05, 0.1) is 12.2 Å². The molecule has 0 unspecified atom stereocenters. The summed E-state index contributed by atoms with van der Waals surface area (Å²) in [6.07, 6.45) is 3.73. The van der Waals surface area contributed by atoms with Gasteiger partial charge in [-0.2, -0.15) is 0 Å². The van der Waals surface area contributed by atoms with Gasteiger partial charge in [0.1, 0.15) is 0 Å². The van der Waals surface area contributed by atoms with Crippen LogP contribution in [0.25, 0.3) is 0 Å². The van der Waals surface area contributed by atoms with Gasteiger partial charge in [0.15, 0.2) is 0 Å². The average molecular weight is 334 g/mol.